The van der Waals surface area contributed by atoms with Gasteiger partial charge in [0.15, 0.2) is 0 Å². The highest BCUT2D eigenvalue weighted by atomic mass is 19.1. The Bertz CT molecular complexity index is 1720. The summed E-state index contributed by atoms with van der Waals surface area (Å²) in [7, 11) is 0. The number of carbonyl (C=O) groups is 3. The lowest BCUT2D eigenvalue weighted by atomic mass is 9.99. The molecule has 284 valence electrons. The minimum Gasteiger partial charge on any atom is -0.428 e. The van der Waals surface area contributed by atoms with Crippen molar-refractivity contribution in [3.05, 3.63) is 106 Å². The minimum atomic E-state index is -1.05. The molecule has 53 heavy (non-hydrogen) atoms. The van der Waals surface area contributed by atoms with Crippen LogP contribution in [0.2, 0.25) is 0 Å². The van der Waals surface area contributed by atoms with E-state index < -0.39 is 41.9 Å². The van der Waals surface area contributed by atoms with Crippen molar-refractivity contribution in [1.29, 1.82) is 0 Å². The minimum absolute atomic E-state index is 0.0469. The monoisotopic (exact) mass is 731 g/mol. The fraction of sp³-hybridized carbons (Fsp3) is 0.452. The van der Waals surface area contributed by atoms with Crippen molar-refractivity contribution in [2.45, 2.75) is 91.0 Å². The molecule has 0 radical (unpaired) electrons. The largest absolute Gasteiger partial charge is 0.509 e. The highest BCUT2D eigenvalue weighted by molar-refractivity contribution is 6.00. The van der Waals surface area contributed by atoms with Crippen molar-refractivity contribution >= 4 is 18.0 Å². The van der Waals surface area contributed by atoms with Gasteiger partial charge < -0.3 is 29.7 Å². The number of carbonyl (C=O) groups excluding carboxylic acids is 3. The van der Waals surface area contributed by atoms with Crippen molar-refractivity contribution in [1.82, 2.24) is 15.5 Å². The number of halogens is 2. The zero-order valence-electron chi connectivity index (χ0n) is 31.1. The van der Waals surface area contributed by atoms with Gasteiger partial charge in [0.25, 0.3) is 11.8 Å². The highest BCUT2D eigenvalue weighted by Crippen LogP contribution is 2.18. The number of amides is 2. The Morgan fingerprint density at radius 2 is 1.68 bits per heavy atom. The van der Waals surface area contributed by atoms with Crippen LogP contribution >= 0.6 is 0 Å². The molecule has 9 nitrogen and oxygen atoms in total. The van der Waals surface area contributed by atoms with Gasteiger partial charge in [-0.15, -0.1) is 0 Å². The van der Waals surface area contributed by atoms with Gasteiger partial charge in [-0.25, -0.2) is 13.6 Å². The van der Waals surface area contributed by atoms with E-state index >= 15 is 0 Å². The van der Waals surface area contributed by atoms with E-state index in [4.69, 9.17) is 14.2 Å². The van der Waals surface area contributed by atoms with Gasteiger partial charge in [-0.3, -0.25) is 9.59 Å². The number of unbranched alkanes of at least 4 members (excludes halogenated alkanes) is 1. The van der Waals surface area contributed by atoms with Crippen LogP contribution in [0.15, 0.2) is 60.7 Å². The van der Waals surface area contributed by atoms with Crippen molar-refractivity contribution in [3.63, 3.8) is 0 Å². The van der Waals surface area contributed by atoms with E-state index in [9.17, 15) is 23.2 Å². The Labute approximate surface area is 311 Å². The SMILES string of the molecule is CCCC#Cc1cccc(CNC[C@@H](OC(=O)OC2CCOC2)[C@H](Cc2cc(F)cc(F)c2)NC(=O)c2cc(C)cc(C(=O)N(CCC)CCC)c2)c1. The summed E-state index contributed by atoms with van der Waals surface area (Å²) in [5.74, 6) is 4.02. The molecule has 11 heteroatoms. The molecule has 1 aliphatic rings. The molecule has 1 heterocycles. The molecule has 1 unspecified atom stereocenters. The van der Waals surface area contributed by atoms with Crippen LogP contribution < -0.4 is 10.6 Å². The van der Waals surface area contributed by atoms with Crippen LogP contribution in [0, 0.1) is 30.4 Å². The second-order valence-corrected chi connectivity index (χ2v) is 13.3. The molecule has 2 amide bonds. The van der Waals surface area contributed by atoms with E-state index in [1.807, 2.05) is 38.1 Å². The fourth-order valence-corrected chi connectivity index (χ4v) is 6.15. The first-order valence-electron chi connectivity index (χ1n) is 18.5. The third-order valence-electron chi connectivity index (χ3n) is 8.61. The number of ether oxygens (including phenoxy) is 3. The molecule has 3 atom stereocenters. The lowest BCUT2D eigenvalue weighted by molar-refractivity contribution is -0.0131. The molecule has 4 rings (SSSR count). The molecule has 0 saturated carbocycles. The normalized spacial score (nSPS) is 14.8. The summed E-state index contributed by atoms with van der Waals surface area (Å²) in [6, 6.07) is 14.8. The molecule has 3 aromatic rings. The van der Waals surface area contributed by atoms with Crippen LogP contribution in [-0.2, 0) is 27.2 Å². The van der Waals surface area contributed by atoms with Crippen molar-refractivity contribution in [3.8, 4) is 11.8 Å². The van der Waals surface area contributed by atoms with E-state index in [2.05, 4.69) is 29.4 Å². The zero-order chi connectivity index (χ0) is 38.2. The van der Waals surface area contributed by atoms with Gasteiger partial charge in [0, 0.05) is 61.8 Å². The van der Waals surface area contributed by atoms with Crippen molar-refractivity contribution in [2.24, 2.45) is 0 Å². The van der Waals surface area contributed by atoms with Crippen LogP contribution in [-0.4, -0.2) is 74.0 Å². The molecular weight excluding hydrogens is 680 g/mol. The topological polar surface area (TPSA) is 106 Å². The van der Waals surface area contributed by atoms with E-state index in [1.54, 1.807) is 30.0 Å². The third kappa shape index (κ3) is 13.3. The molecule has 1 saturated heterocycles. The van der Waals surface area contributed by atoms with E-state index in [0.29, 0.717) is 43.8 Å². The average Bonchev–Trinajstić information content (AvgIpc) is 3.63. The standard InChI is InChI=1S/C42H51F2N3O6/c1-5-8-9-11-30-12-10-13-31(20-30)26-45-27-39(53-42(50)52-37-14-17-51-28-37)38(23-32-21-35(43)25-36(44)22-32)46-40(48)33-18-29(4)19-34(24-33)41(49)47(15-6-2)16-7-3/h10,12-13,18-22,24-25,37-39,45H,5-8,14-17,23,26-28H2,1-4H3,(H,46,48)/t37?,38-,39+/m0/s1. The number of nitrogens with one attached hydrogen (secondary N) is 2. The number of benzene rings is 3. The van der Waals surface area contributed by atoms with Gasteiger partial charge in [0.1, 0.15) is 23.8 Å². The van der Waals surface area contributed by atoms with Gasteiger partial charge in [-0.2, -0.15) is 0 Å². The maximum atomic E-state index is 14.4. The van der Waals surface area contributed by atoms with Crippen LogP contribution in [0.3, 0.4) is 0 Å². The summed E-state index contributed by atoms with van der Waals surface area (Å²) in [6.45, 7) is 10.1. The second kappa shape index (κ2) is 21.0. The number of rotatable bonds is 17. The van der Waals surface area contributed by atoms with Crippen LogP contribution in [0.1, 0.15) is 95.8 Å². The van der Waals surface area contributed by atoms with Gasteiger partial charge in [0.05, 0.1) is 19.3 Å². The Morgan fingerprint density at radius 3 is 2.36 bits per heavy atom. The summed E-state index contributed by atoms with van der Waals surface area (Å²) < 4.78 is 45.5. The van der Waals surface area contributed by atoms with Gasteiger partial charge in [-0.05, 0) is 91.8 Å². The molecule has 0 aromatic heterocycles. The first kappa shape index (κ1) is 41.0. The van der Waals surface area contributed by atoms with Crippen LogP contribution in [0.25, 0.3) is 0 Å². The Balaban J connectivity index is 1.64. The van der Waals surface area contributed by atoms with E-state index in [-0.39, 0.29) is 36.6 Å². The summed E-state index contributed by atoms with van der Waals surface area (Å²) in [6.07, 6.45) is 1.27. The predicted molar refractivity (Wildman–Crippen MR) is 199 cm³/mol. The Hall–Kier alpha value is -4.79. The molecule has 1 aliphatic heterocycles. The first-order valence-corrected chi connectivity index (χ1v) is 18.5. The van der Waals surface area contributed by atoms with Crippen LogP contribution in [0.4, 0.5) is 13.6 Å². The molecule has 0 bridgehead atoms. The summed E-state index contributed by atoms with van der Waals surface area (Å²) in [4.78, 5) is 42.4. The molecule has 0 aliphatic carbocycles. The zero-order valence-corrected chi connectivity index (χ0v) is 31.1. The number of hydrogen-bond acceptors (Lipinski definition) is 7. The van der Waals surface area contributed by atoms with Crippen molar-refractivity contribution < 1.29 is 37.4 Å². The molecular formula is C42H51F2N3O6. The maximum Gasteiger partial charge on any atom is 0.509 e. The maximum absolute atomic E-state index is 14.4. The summed E-state index contributed by atoms with van der Waals surface area (Å²) in [5, 5.41) is 6.27. The predicted octanol–water partition coefficient (Wildman–Crippen LogP) is 7.13. The number of nitrogens with zero attached hydrogens (tertiary/aromatic N) is 1. The molecule has 2 N–H and O–H groups in total. The van der Waals surface area contributed by atoms with E-state index in [1.165, 1.54) is 12.1 Å². The lowest BCUT2D eigenvalue weighted by Gasteiger charge is -2.29. The smallest absolute Gasteiger partial charge is 0.428 e. The number of hydrogen-bond donors (Lipinski definition) is 2. The summed E-state index contributed by atoms with van der Waals surface area (Å²) in [5.41, 5.74) is 3.34. The molecule has 3 aromatic carbocycles. The molecule has 1 fully saturated rings. The number of aryl methyl sites for hydroxylation is 1. The summed E-state index contributed by atoms with van der Waals surface area (Å²) >= 11 is 0. The Morgan fingerprint density at radius 1 is 0.943 bits per heavy atom. The molecule has 0 spiro atoms. The van der Waals surface area contributed by atoms with Crippen LogP contribution in [0.5, 0.6) is 0 Å². The highest BCUT2D eigenvalue weighted by Gasteiger charge is 2.31. The second-order valence-electron chi connectivity index (χ2n) is 13.3. The van der Waals surface area contributed by atoms with Gasteiger partial charge in [0.2, 0.25) is 0 Å². The Kier molecular flexibility index (Phi) is 16.3. The van der Waals surface area contributed by atoms with Gasteiger partial charge >= 0.3 is 6.16 Å². The quantitative estimate of drug-likeness (QED) is 0.113. The third-order valence-corrected chi connectivity index (χ3v) is 8.61. The van der Waals surface area contributed by atoms with Gasteiger partial charge in [-0.1, -0.05) is 44.7 Å². The lowest BCUT2D eigenvalue weighted by Crippen LogP contribution is -2.51. The fourth-order valence-electron chi connectivity index (χ4n) is 6.15. The average molecular weight is 732 g/mol. The van der Waals surface area contributed by atoms with Crippen molar-refractivity contribution in [2.75, 3.05) is 32.8 Å². The van der Waals surface area contributed by atoms with E-state index in [0.717, 1.165) is 42.9 Å². The first-order chi connectivity index (χ1) is 25.6.